The molecule has 0 aliphatic carbocycles. The van der Waals surface area contributed by atoms with E-state index in [1.165, 1.54) is 21.3 Å². The van der Waals surface area contributed by atoms with Crippen molar-refractivity contribution < 1.29 is 23.8 Å². The molecule has 1 heterocycles. The Labute approximate surface area is 171 Å². The molecule has 0 radical (unpaired) electrons. The smallest absolute Gasteiger partial charge is 0.251 e. The van der Waals surface area contributed by atoms with Gasteiger partial charge in [0.2, 0.25) is 11.7 Å². The van der Waals surface area contributed by atoms with Gasteiger partial charge < -0.3 is 24.4 Å². The lowest BCUT2D eigenvalue weighted by atomic mass is 9.92. The van der Waals surface area contributed by atoms with Crippen LogP contribution >= 0.6 is 11.6 Å². The topological polar surface area (TPSA) is 77.1 Å². The van der Waals surface area contributed by atoms with Gasteiger partial charge in [-0.3, -0.25) is 9.59 Å². The molecule has 1 aliphatic rings. The van der Waals surface area contributed by atoms with Gasteiger partial charge in [-0.1, -0.05) is 0 Å². The van der Waals surface area contributed by atoms with Gasteiger partial charge in [0, 0.05) is 30.6 Å². The normalized spacial score (nSPS) is 15.1. The van der Waals surface area contributed by atoms with Crippen molar-refractivity contribution in [1.82, 2.24) is 10.2 Å². The molecular formula is C20H29ClN2O5. The van der Waals surface area contributed by atoms with Crippen LogP contribution < -0.4 is 19.5 Å². The van der Waals surface area contributed by atoms with E-state index in [1.54, 1.807) is 12.1 Å². The molecular weight excluding hydrogens is 384 g/mol. The Morgan fingerprint density at radius 1 is 1.11 bits per heavy atom. The maximum absolute atomic E-state index is 12.7. The van der Waals surface area contributed by atoms with Gasteiger partial charge >= 0.3 is 0 Å². The zero-order chi connectivity index (χ0) is 20.9. The zero-order valence-electron chi connectivity index (χ0n) is 17.1. The maximum atomic E-state index is 12.7. The van der Waals surface area contributed by atoms with Crippen LogP contribution in [0.2, 0.25) is 0 Å². The summed E-state index contributed by atoms with van der Waals surface area (Å²) in [6.45, 7) is 4.89. The minimum absolute atomic E-state index is 0.00486. The Kier molecular flexibility index (Phi) is 7.41. The van der Waals surface area contributed by atoms with E-state index in [0.717, 1.165) is 0 Å². The Morgan fingerprint density at radius 3 is 2.07 bits per heavy atom. The number of likely N-dealkylation sites (tertiary alicyclic amines) is 1. The number of hydrogen-bond donors (Lipinski definition) is 1. The molecule has 0 aromatic heterocycles. The van der Waals surface area contributed by atoms with Crippen molar-refractivity contribution in [2.24, 2.45) is 5.41 Å². The summed E-state index contributed by atoms with van der Waals surface area (Å²) in [6, 6.07) is 3.24. The molecule has 2 amide bonds. The number of benzene rings is 1. The van der Waals surface area contributed by atoms with Crippen LogP contribution in [0.4, 0.5) is 0 Å². The fourth-order valence-electron chi connectivity index (χ4n) is 3.19. The van der Waals surface area contributed by atoms with Crippen LogP contribution in [0, 0.1) is 5.41 Å². The number of nitrogens with one attached hydrogen (secondary N) is 1. The Bertz CT molecular complexity index is 690. The molecule has 2 rings (SSSR count). The van der Waals surface area contributed by atoms with Crippen molar-refractivity contribution in [1.29, 1.82) is 0 Å². The number of hydrogen-bond acceptors (Lipinski definition) is 5. The average Bonchev–Trinajstić information content (AvgIpc) is 2.72. The summed E-state index contributed by atoms with van der Waals surface area (Å²) < 4.78 is 15.9. The van der Waals surface area contributed by atoms with Crippen LogP contribution in [0.5, 0.6) is 17.2 Å². The van der Waals surface area contributed by atoms with E-state index in [-0.39, 0.29) is 23.7 Å². The summed E-state index contributed by atoms with van der Waals surface area (Å²) in [5, 5.41) is 3.03. The molecule has 156 valence electrons. The fraction of sp³-hybridized carbons (Fsp3) is 0.600. The van der Waals surface area contributed by atoms with Crippen molar-refractivity contribution in [3.05, 3.63) is 17.7 Å². The standard InChI is InChI=1S/C20H29ClN2O5/c1-20(2,12-21)19(25)23-8-6-14(7-9-23)22-18(24)13-10-15(26-3)17(28-5)16(11-13)27-4/h10-11,14H,6-9,12H2,1-5H3,(H,22,24). The predicted octanol–water partition coefficient (Wildman–Crippen LogP) is 2.70. The van der Waals surface area contributed by atoms with Crippen LogP contribution in [0.3, 0.4) is 0 Å². The van der Waals surface area contributed by atoms with Crippen LogP contribution in [0.1, 0.15) is 37.0 Å². The molecule has 1 aromatic rings. The number of amides is 2. The highest BCUT2D eigenvalue weighted by atomic mass is 35.5. The number of rotatable bonds is 7. The van der Waals surface area contributed by atoms with Gasteiger partial charge in [0.25, 0.3) is 5.91 Å². The lowest BCUT2D eigenvalue weighted by molar-refractivity contribution is -0.140. The number of ether oxygens (including phenoxy) is 3. The summed E-state index contributed by atoms with van der Waals surface area (Å²) in [5.74, 6) is 1.41. The predicted molar refractivity (Wildman–Crippen MR) is 108 cm³/mol. The minimum Gasteiger partial charge on any atom is -0.493 e. The molecule has 7 nitrogen and oxygen atoms in total. The first-order valence-electron chi connectivity index (χ1n) is 9.23. The molecule has 0 saturated carbocycles. The number of carbonyl (C=O) groups excluding carboxylic acids is 2. The average molecular weight is 413 g/mol. The van der Waals surface area contributed by atoms with Gasteiger partial charge in [-0.15, -0.1) is 11.6 Å². The number of piperidine rings is 1. The maximum Gasteiger partial charge on any atom is 0.251 e. The van der Waals surface area contributed by atoms with E-state index in [2.05, 4.69) is 5.32 Å². The second-order valence-electron chi connectivity index (χ2n) is 7.47. The molecule has 1 N–H and O–H groups in total. The Hall–Kier alpha value is -2.15. The summed E-state index contributed by atoms with van der Waals surface area (Å²) in [5.41, 5.74) is -0.148. The molecule has 0 atom stereocenters. The third kappa shape index (κ3) is 4.82. The summed E-state index contributed by atoms with van der Waals surface area (Å²) in [7, 11) is 4.53. The molecule has 0 spiro atoms. The Balaban J connectivity index is 2.02. The van der Waals surface area contributed by atoms with Gasteiger partial charge in [-0.2, -0.15) is 0 Å². The number of methoxy groups -OCH3 is 3. The molecule has 0 bridgehead atoms. The third-order valence-electron chi connectivity index (χ3n) is 4.96. The number of carbonyl (C=O) groups is 2. The highest BCUT2D eigenvalue weighted by Crippen LogP contribution is 2.38. The van der Waals surface area contributed by atoms with Crippen LogP contribution in [-0.2, 0) is 4.79 Å². The molecule has 1 fully saturated rings. The van der Waals surface area contributed by atoms with Gasteiger partial charge in [0.05, 0.1) is 26.7 Å². The van der Waals surface area contributed by atoms with E-state index in [9.17, 15) is 9.59 Å². The fourth-order valence-corrected chi connectivity index (χ4v) is 3.31. The van der Waals surface area contributed by atoms with Crippen molar-refractivity contribution >= 4 is 23.4 Å². The van der Waals surface area contributed by atoms with Crippen molar-refractivity contribution in [2.45, 2.75) is 32.7 Å². The quantitative estimate of drug-likeness (QED) is 0.697. The lowest BCUT2D eigenvalue weighted by Gasteiger charge is -2.36. The second kappa shape index (κ2) is 9.37. The molecule has 0 unspecified atom stereocenters. The summed E-state index contributed by atoms with van der Waals surface area (Å²) in [6.07, 6.45) is 1.39. The highest BCUT2D eigenvalue weighted by molar-refractivity contribution is 6.19. The molecule has 8 heteroatoms. The minimum atomic E-state index is -0.576. The zero-order valence-corrected chi connectivity index (χ0v) is 17.9. The summed E-state index contributed by atoms with van der Waals surface area (Å²) >= 11 is 5.91. The van der Waals surface area contributed by atoms with Crippen LogP contribution in [-0.4, -0.2) is 63.1 Å². The van der Waals surface area contributed by atoms with E-state index < -0.39 is 5.41 Å². The number of alkyl halides is 1. The SMILES string of the molecule is COc1cc(C(=O)NC2CCN(C(=O)C(C)(C)CCl)CC2)cc(OC)c1OC. The van der Waals surface area contributed by atoms with E-state index >= 15 is 0 Å². The van der Waals surface area contributed by atoms with Crippen LogP contribution in [0.15, 0.2) is 12.1 Å². The van der Waals surface area contributed by atoms with Crippen molar-refractivity contribution in [3.8, 4) is 17.2 Å². The molecule has 1 saturated heterocycles. The number of nitrogens with zero attached hydrogens (tertiary/aromatic N) is 1. The van der Waals surface area contributed by atoms with Crippen molar-refractivity contribution in [3.63, 3.8) is 0 Å². The molecule has 1 aliphatic heterocycles. The van der Waals surface area contributed by atoms with E-state index in [1.807, 2.05) is 18.7 Å². The monoisotopic (exact) mass is 412 g/mol. The van der Waals surface area contributed by atoms with Crippen molar-refractivity contribution in [2.75, 3.05) is 40.3 Å². The van der Waals surface area contributed by atoms with Gasteiger partial charge in [-0.25, -0.2) is 0 Å². The second-order valence-corrected chi connectivity index (χ2v) is 7.74. The molecule has 28 heavy (non-hydrogen) atoms. The van der Waals surface area contributed by atoms with E-state index in [4.69, 9.17) is 25.8 Å². The van der Waals surface area contributed by atoms with Gasteiger partial charge in [0.15, 0.2) is 11.5 Å². The van der Waals surface area contributed by atoms with Gasteiger partial charge in [-0.05, 0) is 38.8 Å². The van der Waals surface area contributed by atoms with Gasteiger partial charge in [0.1, 0.15) is 0 Å². The highest BCUT2D eigenvalue weighted by Gasteiger charge is 2.33. The largest absolute Gasteiger partial charge is 0.493 e. The first-order valence-corrected chi connectivity index (χ1v) is 9.77. The van der Waals surface area contributed by atoms with E-state index in [0.29, 0.717) is 48.7 Å². The third-order valence-corrected chi connectivity index (χ3v) is 5.63. The summed E-state index contributed by atoms with van der Waals surface area (Å²) in [4.78, 5) is 27.0. The molecule has 1 aromatic carbocycles. The lowest BCUT2D eigenvalue weighted by Crippen LogP contribution is -2.50. The van der Waals surface area contributed by atoms with Crippen LogP contribution in [0.25, 0.3) is 0 Å². The Morgan fingerprint density at radius 2 is 1.64 bits per heavy atom. The number of halogens is 1. The first kappa shape index (κ1) is 22.1. The first-order chi connectivity index (χ1) is 13.3.